The number of methoxy groups -OCH3 is 2. The molecule has 1 aliphatic carbocycles. The van der Waals surface area contributed by atoms with Crippen molar-refractivity contribution in [3.05, 3.63) is 22.2 Å². The molecule has 1 fully saturated rings. The summed E-state index contributed by atoms with van der Waals surface area (Å²) in [5.41, 5.74) is 0.986. The second-order valence-corrected chi connectivity index (χ2v) is 7.28. The molecule has 0 amide bonds. The highest BCUT2D eigenvalue weighted by molar-refractivity contribution is 9.10. The van der Waals surface area contributed by atoms with Crippen LogP contribution in [0.15, 0.2) is 16.6 Å². The Morgan fingerprint density at radius 1 is 1.24 bits per heavy atom. The number of aliphatic hydroxyl groups excluding tert-OH is 1. The molecular weight excluding hydrogens is 332 g/mol. The third-order valence-corrected chi connectivity index (χ3v) is 5.56. The summed E-state index contributed by atoms with van der Waals surface area (Å²) in [5.74, 6) is 1.63. The number of halogens is 1. The number of benzene rings is 1. The van der Waals surface area contributed by atoms with Crippen molar-refractivity contribution in [2.75, 3.05) is 14.2 Å². The topological polar surface area (TPSA) is 38.7 Å². The largest absolute Gasteiger partial charge is 0.495 e. The summed E-state index contributed by atoms with van der Waals surface area (Å²) in [5, 5.41) is 10.9. The van der Waals surface area contributed by atoms with Crippen LogP contribution >= 0.6 is 15.9 Å². The fourth-order valence-corrected chi connectivity index (χ4v) is 4.16. The second-order valence-electron chi connectivity index (χ2n) is 6.49. The van der Waals surface area contributed by atoms with Gasteiger partial charge in [-0.05, 0) is 52.2 Å². The Morgan fingerprint density at radius 3 is 2.52 bits per heavy atom. The molecule has 0 radical (unpaired) electrons. The highest BCUT2D eigenvalue weighted by Gasteiger charge is 2.38. The standard InChI is InChI=1S/C17H25BrO3/c1-17(2)10-6-5-7-12(17)15(19)11-8-9-13(20-3)14(18)16(11)21-4/h8-9,12,15,19H,5-7,10H2,1-4H3. The normalized spacial score (nSPS) is 22.7. The fourth-order valence-electron chi connectivity index (χ4n) is 3.47. The SMILES string of the molecule is COc1ccc(C(O)C2CCCCC2(C)C)c(OC)c1Br. The average Bonchev–Trinajstić information content (AvgIpc) is 2.45. The lowest BCUT2D eigenvalue weighted by Gasteiger charge is -2.41. The predicted molar refractivity (Wildman–Crippen MR) is 87.9 cm³/mol. The lowest BCUT2D eigenvalue weighted by atomic mass is 9.65. The van der Waals surface area contributed by atoms with Crippen molar-refractivity contribution in [3.8, 4) is 11.5 Å². The van der Waals surface area contributed by atoms with Crippen LogP contribution in [0.2, 0.25) is 0 Å². The molecule has 0 spiro atoms. The van der Waals surface area contributed by atoms with E-state index in [-0.39, 0.29) is 11.3 Å². The van der Waals surface area contributed by atoms with Gasteiger partial charge in [-0.1, -0.05) is 26.7 Å². The average molecular weight is 357 g/mol. The zero-order valence-electron chi connectivity index (χ0n) is 13.3. The number of ether oxygens (including phenoxy) is 2. The molecule has 0 heterocycles. The van der Waals surface area contributed by atoms with E-state index in [0.717, 1.165) is 22.9 Å². The summed E-state index contributed by atoms with van der Waals surface area (Å²) >= 11 is 3.51. The van der Waals surface area contributed by atoms with Crippen LogP contribution in [-0.2, 0) is 0 Å². The van der Waals surface area contributed by atoms with Gasteiger partial charge in [0.1, 0.15) is 16.0 Å². The highest BCUT2D eigenvalue weighted by Crippen LogP contribution is 2.50. The first-order valence-corrected chi connectivity index (χ1v) is 8.30. The van der Waals surface area contributed by atoms with Crippen LogP contribution in [0.5, 0.6) is 11.5 Å². The molecule has 0 saturated heterocycles. The monoisotopic (exact) mass is 356 g/mol. The molecule has 1 aromatic rings. The van der Waals surface area contributed by atoms with Gasteiger partial charge < -0.3 is 14.6 Å². The maximum atomic E-state index is 10.9. The summed E-state index contributed by atoms with van der Waals surface area (Å²) in [6.07, 6.45) is 4.14. The van der Waals surface area contributed by atoms with E-state index in [2.05, 4.69) is 29.8 Å². The minimum atomic E-state index is -0.516. The molecular formula is C17H25BrO3. The van der Waals surface area contributed by atoms with E-state index < -0.39 is 6.10 Å². The smallest absolute Gasteiger partial charge is 0.142 e. The van der Waals surface area contributed by atoms with Crippen LogP contribution < -0.4 is 9.47 Å². The molecule has 2 unspecified atom stereocenters. The molecule has 0 bridgehead atoms. The molecule has 1 N–H and O–H groups in total. The summed E-state index contributed by atoms with van der Waals surface area (Å²) in [6.45, 7) is 4.51. The number of hydrogen-bond acceptors (Lipinski definition) is 3. The van der Waals surface area contributed by atoms with Crippen molar-refractivity contribution < 1.29 is 14.6 Å². The molecule has 118 valence electrons. The second kappa shape index (κ2) is 6.57. The van der Waals surface area contributed by atoms with Crippen LogP contribution in [0, 0.1) is 11.3 Å². The van der Waals surface area contributed by atoms with Crippen LogP contribution in [0.4, 0.5) is 0 Å². The quantitative estimate of drug-likeness (QED) is 0.848. The van der Waals surface area contributed by atoms with Crippen molar-refractivity contribution >= 4 is 15.9 Å². The Bertz CT molecular complexity index is 499. The molecule has 1 saturated carbocycles. The molecule has 1 aromatic carbocycles. The van der Waals surface area contributed by atoms with Gasteiger partial charge in [0.05, 0.1) is 20.3 Å². The van der Waals surface area contributed by atoms with Crippen molar-refractivity contribution in [2.24, 2.45) is 11.3 Å². The van der Waals surface area contributed by atoms with E-state index in [1.807, 2.05) is 12.1 Å². The van der Waals surface area contributed by atoms with Crippen LogP contribution in [0.3, 0.4) is 0 Å². The summed E-state index contributed by atoms with van der Waals surface area (Å²) < 4.78 is 11.6. The van der Waals surface area contributed by atoms with E-state index >= 15 is 0 Å². The molecule has 3 nitrogen and oxygen atoms in total. The minimum Gasteiger partial charge on any atom is -0.495 e. The van der Waals surface area contributed by atoms with Crippen molar-refractivity contribution in [1.29, 1.82) is 0 Å². The molecule has 0 aliphatic heterocycles. The van der Waals surface area contributed by atoms with Gasteiger partial charge in [0.2, 0.25) is 0 Å². The molecule has 1 aliphatic rings. The van der Waals surface area contributed by atoms with E-state index in [9.17, 15) is 5.11 Å². The lowest BCUT2D eigenvalue weighted by Crippen LogP contribution is -2.32. The van der Waals surface area contributed by atoms with Crippen LogP contribution in [0.25, 0.3) is 0 Å². The predicted octanol–water partition coefficient (Wildman–Crippen LogP) is 4.72. The number of aliphatic hydroxyl groups is 1. The van der Waals surface area contributed by atoms with Gasteiger partial charge in [0.15, 0.2) is 0 Å². The Morgan fingerprint density at radius 2 is 1.95 bits per heavy atom. The van der Waals surface area contributed by atoms with Gasteiger partial charge in [0.25, 0.3) is 0 Å². The van der Waals surface area contributed by atoms with Crippen molar-refractivity contribution in [1.82, 2.24) is 0 Å². The van der Waals surface area contributed by atoms with Gasteiger partial charge in [-0.15, -0.1) is 0 Å². The van der Waals surface area contributed by atoms with Gasteiger partial charge in [-0.3, -0.25) is 0 Å². The van der Waals surface area contributed by atoms with Gasteiger partial charge >= 0.3 is 0 Å². The summed E-state index contributed by atoms with van der Waals surface area (Å²) in [6, 6.07) is 3.79. The molecule has 4 heteroatoms. The van der Waals surface area contributed by atoms with Crippen molar-refractivity contribution in [3.63, 3.8) is 0 Å². The molecule has 2 rings (SSSR count). The zero-order valence-corrected chi connectivity index (χ0v) is 14.9. The Kier molecular flexibility index (Phi) is 5.20. The van der Waals surface area contributed by atoms with E-state index in [1.54, 1.807) is 14.2 Å². The third-order valence-electron chi connectivity index (χ3n) is 4.81. The molecule has 2 atom stereocenters. The first kappa shape index (κ1) is 16.6. The lowest BCUT2D eigenvalue weighted by molar-refractivity contribution is 0.00261. The first-order valence-electron chi connectivity index (χ1n) is 7.51. The zero-order chi connectivity index (χ0) is 15.6. The molecule has 0 aromatic heterocycles. The third kappa shape index (κ3) is 3.21. The number of rotatable bonds is 4. The first-order chi connectivity index (χ1) is 9.92. The summed E-state index contributed by atoms with van der Waals surface area (Å²) in [4.78, 5) is 0. The van der Waals surface area contributed by atoms with Gasteiger partial charge in [0, 0.05) is 5.56 Å². The minimum absolute atomic E-state index is 0.148. The Hall–Kier alpha value is -0.740. The highest BCUT2D eigenvalue weighted by atomic mass is 79.9. The number of hydrogen-bond donors (Lipinski definition) is 1. The van der Waals surface area contributed by atoms with Crippen LogP contribution in [-0.4, -0.2) is 19.3 Å². The Balaban J connectivity index is 2.38. The van der Waals surface area contributed by atoms with Crippen LogP contribution in [0.1, 0.15) is 51.2 Å². The fraction of sp³-hybridized carbons (Fsp3) is 0.647. The maximum Gasteiger partial charge on any atom is 0.142 e. The van der Waals surface area contributed by atoms with E-state index in [0.29, 0.717) is 11.5 Å². The van der Waals surface area contributed by atoms with Crippen molar-refractivity contribution in [2.45, 2.75) is 45.6 Å². The maximum absolute atomic E-state index is 10.9. The van der Waals surface area contributed by atoms with E-state index in [4.69, 9.17) is 9.47 Å². The molecule has 21 heavy (non-hydrogen) atoms. The Labute approximate surface area is 135 Å². The van der Waals surface area contributed by atoms with Gasteiger partial charge in [-0.25, -0.2) is 0 Å². The van der Waals surface area contributed by atoms with Gasteiger partial charge in [-0.2, -0.15) is 0 Å². The summed E-state index contributed by atoms with van der Waals surface area (Å²) in [7, 11) is 3.25. The van der Waals surface area contributed by atoms with E-state index in [1.165, 1.54) is 12.8 Å².